The van der Waals surface area contributed by atoms with Gasteiger partial charge in [-0.2, -0.15) is 0 Å². The largest absolute Gasteiger partial charge is 1.00 e. The summed E-state index contributed by atoms with van der Waals surface area (Å²) in [6.07, 6.45) is 24.6. The van der Waals surface area contributed by atoms with Crippen molar-refractivity contribution in [2.75, 3.05) is 40.5 Å². The van der Waals surface area contributed by atoms with E-state index in [-0.39, 0.29) is 18.4 Å². The van der Waals surface area contributed by atoms with Crippen molar-refractivity contribution >= 4 is 8.97 Å². The third-order valence-corrected chi connectivity index (χ3v) is 10.9. The second-order valence-corrected chi connectivity index (χ2v) is 14.0. The van der Waals surface area contributed by atoms with Gasteiger partial charge in [0.25, 0.3) is 0 Å². The Morgan fingerprint density at radius 2 is 0.889 bits per heavy atom. The number of rotatable bonds is 27. The first-order valence-corrected chi connectivity index (χ1v) is 17.1. The van der Waals surface area contributed by atoms with Crippen LogP contribution < -0.4 is 18.1 Å². The van der Waals surface area contributed by atoms with Crippen LogP contribution in [-0.2, 0) is 13.3 Å². The molecule has 36 heavy (non-hydrogen) atoms. The highest BCUT2D eigenvalue weighted by atomic mass is 35.5. The van der Waals surface area contributed by atoms with E-state index >= 15 is 0 Å². The van der Waals surface area contributed by atoms with Crippen LogP contribution in [0.4, 0.5) is 0 Å². The molecule has 0 saturated heterocycles. The lowest BCUT2D eigenvalue weighted by Gasteiger charge is -2.41. The number of hydrogen-bond donors (Lipinski definition) is 1. The maximum absolute atomic E-state index is 6.49. The molecule has 0 bridgehead atoms. The van der Waals surface area contributed by atoms with Crippen molar-refractivity contribution in [1.29, 1.82) is 0 Å². The molecule has 5 nitrogen and oxygen atoms in total. The summed E-state index contributed by atoms with van der Waals surface area (Å²) in [6.45, 7) is 11.1. The predicted molar refractivity (Wildman–Crippen MR) is 154 cm³/mol. The van der Waals surface area contributed by atoms with E-state index in [4.69, 9.17) is 19.0 Å². The highest BCUT2D eigenvalue weighted by molar-refractivity contribution is 6.52. The molecule has 0 aromatic carbocycles. The molecule has 0 aliphatic heterocycles. The van der Waals surface area contributed by atoms with Crippen LogP contribution in [0.25, 0.3) is 0 Å². The van der Waals surface area contributed by atoms with Crippen molar-refractivity contribution in [3.05, 3.63) is 0 Å². The zero-order valence-electron chi connectivity index (χ0n) is 25.3. The molecular weight excluding hydrogens is 488 g/mol. The Hall–Kier alpha value is 0.307. The Morgan fingerprint density at radius 3 is 1.22 bits per heavy atom. The third-order valence-electron chi connectivity index (χ3n) is 7.21. The highest BCUT2D eigenvalue weighted by Gasteiger charge is 2.61. The summed E-state index contributed by atoms with van der Waals surface area (Å²) in [6, 6.07) is 0.246. The van der Waals surface area contributed by atoms with Gasteiger partial charge < -0.3 is 35.6 Å². The van der Waals surface area contributed by atoms with Crippen LogP contribution in [0.1, 0.15) is 143 Å². The third kappa shape index (κ3) is 18.5. The monoisotopic (exact) mass is 552 g/mol. The number of quaternary nitrogens is 1. The molecule has 0 amide bonds. The number of hydrogen-bond acceptors (Lipinski definition) is 4. The second kappa shape index (κ2) is 25.6. The van der Waals surface area contributed by atoms with Crippen molar-refractivity contribution in [1.82, 2.24) is 0 Å². The lowest BCUT2D eigenvalue weighted by Crippen LogP contribution is -3.00. The van der Waals surface area contributed by atoms with E-state index in [2.05, 4.69) is 21.0 Å². The number of halogens is 1. The zero-order chi connectivity index (χ0) is 26.3. The van der Waals surface area contributed by atoms with Gasteiger partial charge in [-0.1, -0.05) is 110 Å². The van der Waals surface area contributed by atoms with Crippen molar-refractivity contribution < 1.29 is 29.8 Å². The first-order valence-electron chi connectivity index (χ1n) is 15.4. The van der Waals surface area contributed by atoms with Gasteiger partial charge in [-0.3, -0.25) is 0 Å². The predicted octanol–water partition coefficient (Wildman–Crippen LogP) is 4.98. The normalized spacial score (nSPS) is 13.1. The number of nitrogens with zero attached hydrogens (tertiary/aromatic N) is 1. The van der Waals surface area contributed by atoms with Crippen LogP contribution in [0.15, 0.2) is 0 Å². The van der Waals surface area contributed by atoms with Gasteiger partial charge in [-0.25, -0.2) is 0 Å². The Kier molecular flexibility index (Phi) is 27.3. The molecule has 0 heterocycles. The minimum absolute atomic E-state index is 0. The molecule has 0 radical (unpaired) electrons. The fourth-order valence-electron chi connectivity index (χ4n) is 4.92. The Bertz CT molecular complexity index is 441. The molecule has 0 aliphatic carbocycles. The summed E-state index contributed by atoms with van der Waals surface area (Å²) in [4.78, 5) is 0. The van der Waals surface area contributed by atoms with Gasteiger partial charge >= 0.3 is 8.97 Å². The molecule has 1 atom stereocenters. The van der Waals surface area contributed by atoms with E-state index in [9.17, 15) is 0 Å². The minimum atomic E-state index is -2.78. The van der Waals surface area contributed by atoms with Crippen LogP contribution in [-0.4, -0.2) is 59.6 Å². The highest BCUT2D eigenvalue weighted by Crippen LogP contribution is 2.23. The van der Waals surface area contributed by atoms with E-state index in [1.165, 1.54) is 103 Å². The summed E-state index contributed by atoms with van der Waals surface area (Å²) in [5, 5.41) is 0. The van der Waals surface area contributed by atoms with Crippen LogP contribution >= 0.6 is 0 Å². The van der Waals surface area contributed by atoms with E-state index in [1.54, 1.807) is 0 Å². The topological polar surface area (TPSA) is 53.7 Å². The summed E-state index contributed by atoms with van der Waals surface area (Å²) in [7, 11) is 1.57. The SMILES string of the molecule is CCCCCCCCCCCCCCCCCCC(N)CC[N+](C)(C)[Si](OCC)(OCC)OCC.[Cl-]. The summed E-state index contributed by atoms with van der Waals surface area (Å²) in [5.41, 5.74) is 6.49. The minimum Gasteiger partial charge on any atom is -1.00 e. The lowest BCUT2D eigenvalue weighted by molar-refractivity contribution is -0.820. The van der Waals surface area contributed by atoms with Crippen LogP contribution in [0.3, 0.4) is 0 Å². The first-order chi connectivity index (χ1) is 16.9. The van der Waals surface area contributed by atoms with Crippen molar-refractivity contribution in [3.8, 4) is 0 Å². The molecule has 0 saturated carbocycles. The average Bonchev–Trinajstić information content (AvgIpc) is 2.83. The molecule has 2 N–H and O–H groups in total. The van der Waals surface area contributed by atoms with Gasteiger partial charge in [0, 0.05) is 32.3 Å². The van der Waals surface area contributed by atoms with E-state index < -0.39 is 8.97 Å². The van der Waals surface area contributed by atoms with Crippen molar-refractivity contribution in [3.63, 3.8) is 0 Å². The Balaban J connectivity index is 0. The smallest absolute Gasteiger partial charge is 0.784 e. The first kappa shape index (κ1) is 38.5. The molecule has 0 aliphatic rings. The van der Waals surface area contributed by atoms with Gasteiger partial charge in [-0.15, -0.1) is 0 Å². The fourth-order valence-corrected chi connectivity index (χ4v) is 7.72. The van der Waals surface area contributed by atoms with E-state index in [0.717, 1.165) is 19.4 Å². The van der Waals surface area contributed by atoms with Crippen molar-refractivity contribution in [2.45, 2.75) is 149 Å². The summed E-state index contributed by atoms with van der Waals surface area (Å²) < 4.78 is 19.0. The van der Waals surface area contributed by atoms with E-state index in [0.29, 0.717) is 24.0 Å². The Labute approximate surface area is 234 Å². The molecule has 0 aromatic heterocycles. The molecule has 7 heteroatoms. The lowest BCUT2D eigenvalue weighted by atomic mass is 10.0. The van der Waals surface area contributed by atoms with Gasteiger partial charge in [0.05, 0.1) is 20.6 Å². The van der Waals surface area contributed by atoms with Gasteiger partial charge in [0.1, 0.15) is 0 Å². The van der Waals surface area contributed by atoms with Crippen LogP contribution in [0.2, 0.25) is 0 Å². The fraction of sp³-hybridized carbons (Fsp3) is 1.00. The molecule has 220 valence electrons. The quantitative estimate of drug-likeness (QED) is 0.115. The van der Waals surface area contributed by atoms with Crippen molar-refractivity contribution in [2.24, 2.45) is 5.73 Å². The molecule has 1 unspecified atom stereocenters. The summed E-state index contributed by atoms with van der Waals surface area (Å²) in [5.74, 6) is 0. The maximum Gasteiger partial charge on any atom is 0.784 e. The Morgan fingerprint density at radius 1 is 0.556 bits per heavy atom. The number of nitrogens with two attached hydrogens (primary N) is 1. The standard InChI is InChI=1S/C29H65N2O3Si.ClH/c1-7-11-12-13-14-15-16-17-18-19-20-21-22-23-24-25-26-29(30)27-28-31(5,6)35(32-8-2,33-9-3)34-10-4;/h29H,7-28,30H2,1-6H3;1H/q+1;/p-1. The summed E-state index contributed by atoms with van der Waals surface area (Å²) >= 11 is 0. The zero-order valence-corrected chi connectivity index (χ0v) is 27.0. The maximum atomic E-state index is 6.49. The number of unbranched alkanes of at least 4 members (excludes halogenated alkanes) is 15. The second-order valence-electron chi connectivity index (χ2n) is 10.9. The molecule has 0 rings (SSSR count). The van der Waals surface area contributed by atoms with Gasteiger partial charge in [0.15, 0.2) is 0 Å². The average molecular weight is 553 g/mol. The molecule has 0 spiro atoms. The molecule has 0 aromatic rings. The van der Waals surface area contributed by atoms with E-state index in [1.807, 2.05) is 20.8 Å². The van der Waals surface area contributed by atoms with Crippen LogP contribution in [0, 0.1) is 0 Å². The molecule has 0 fully saturated rings. The van der Waals surface area contributed by atoms with Crippen LogP contribution in [0.5, 0.6) is 0 Å². The van der Waals surface area contributed by atoms with Gasteiger partial charge in [0.2, 0.25) is 0 Å². The van der Waals surface area contributed by atoms with Gasteiger partial charge in [-0.05, 0) is 27.2 Å². The molecular formula is C29H65ClN2O3Si.